The number of halogens is 1. The summed E-state index contributed by atoms with van der Waals surface area (Å²) >= 11 is 5.99. The highest BCUT2D eigenvalue weighted by atomic mass is 79.9. The number of hydrogen-bond acceptors (Lipinski definition) is 10. The number of nitrogens with zero attached hydrogens (tertiary/aromatic N) is 2. The number of hydrogen-bond donors (Lipinski definition) is 4. The number of amides is 1. The molecule has 4 aromatic rings. The highest BCUT2D eigenvalue weighted by molar-refractivity contribution is 9.10. The van der Waals surface area contributed by atoms with Crippen molar-refractivity contribution in [3.63, 3.8) is 0 Å². The van der Waals surface area contributed by atoms with Crippen LogP contribution < -0.4 is 5.32 Å². The van der Waals surface area contributed by atoms with E-state index in [1.165, 1.54) is 11.3 Å². The van der Waals surface area contributed by atoms with Crippen molar-refractivity contribution in [2.75, 3.05) is 45.9 Å². The molecule has 4 N–H and O–H groups in total. The van der Waals surface area contributed by atoms with Gasteiger partial charge in [-0.15, -0.1) is 22.7 Å². The lowest BCUT2D eigenvalue weighted by atomic mass is 10.0. The molecule has 1 amide bonds. The Labute approximate surface area is 284 Å². The molecule has 2 heterocycles. The number of aliphatic hydroxyl groups is 2. The number of aliphatic hydroxyl groups excluding tert-OH is 2. The van der Waals surface area contributed by atoms with Crippen LogP contribution in [0.5, 0.6) is 5.75 Å². The maximum Gasteiger partial charge on any atom is 0.251 e. The van der Waals surface area contributed by atoms with Gasteiger partial charge in [-0.2, -0.15) is 0 Å². The van der Waals surface area contributed by atoms with Crippen molar-refractivity contribution in [3.8, 4) is 16.2 Å². The SMILES string of the molecule is CC(=NCC(=O)c1ccc(C(=O)CCc2ccc(C(=O)NCCN(CCO)CCO)cc2)s1)c1csc(-c2ccc(Br)cc2)c1O. The van der Waals surface area contributed by atoms with Crippen LogP contribution in [0.3, 0.4) is 0 Å². The molecule has 0 saturated heterocycles. The summed E-state index contributed by atoms with van der Waals surface area (Å²) in [6, 6.07) is 18.1. The van der Waals surface area contributed by atoms with Crippen molar-refractivity contribution >= 4 is 61.8 Å². The molecule has 0 unspecified atom stereocenters. The minimum Gasteiger partial charge on any atom is -0.506 e. The molecule has 0 bridgehead atoms. The van der Waals surface area contributed by atoms with Crippen molar-refractivity contribution in [1.29, 1.82) is 0 Å². The van der Waals surface area contributed by atoms with E-state index in [1.807, 2.05) is 46.7 Å². The molecule has 2 aromatic carbocycles. The summed E-state index contributed by atoms with van der Waals surface area (Å²) in [4.78, 5) is 46.2. The van der Waals surface area contributed by atoms with Gasteiger partial charge in [0.2, 0.25) is 0 Å². The van der Waals surface area contributed by atoms with E-state index in [9.17, 15) is 19.5 Å². The Kier molecular flexibility index (Phi) is 13.4. The van der Waals surface area contributed by atoms with E-state index >= 15 is 0 Å². The average Bonchev–Trinajstić information content (AvgIpc) is 3.71. The molecular formula is C34H36BrN3O6S2. The lowest BCUT2D eigenvalue weighted by molar-refractivity contribution is 0.0941. The maximum absolute atomic E-state index is 12.9. The number of Topliss-reactive ketones (excluding diaryl/α,β-unsaturated/α-hetero) is 2. The maximum atomic E-state index is 12.9. The summed E-state index contributed by atoms with van der Waals surface area (Å²) in [5.74, 6) is -0.345. The monoisotopic (exact) mass is 725 g/mol. The molecule has 2 aromatic heterocycles. The molecule has 9 nitrogen and oxygen atoms in total. The summed E-state index contributed by atoms with van der Waals surface area (Å²) in [7, 11) is 0. The van der Waals surface area contributed by atoms with E-state index in [0.29, 0.717) is 59.2 Å². The first-order valence-corrected chi connectivity index (χ1v) is 17.2. The van der Waals surface area contributed by atoms with Gasteiger partial charge in [0.15, 0.2) is 11.6 Å². The fourth-order valence-corrected chi connectivity index (χ4v) is 6.84. The number of carbonyl (C=O) groups excluding carboxylic acids is 3. The Bertz CT molecular complexity index is 1660. The molecule has 0 aliphatic rings. The number of rotatable bonds is 17. The first-order chi connectivity index (χ1) is 22.2. The van der Waals surface area contributed by atoms with Gasteiger partial charge in [0.05, 0.1) is 27.8 Å². The number of ketones is 2. The highest BCUT2D eigenvalue weighted by Gasteiger charge is 2.17. The summed E-state index contributed by atoms with van der Waals surface area (Å²) in [6.45, 7) is 3.40. The van der Waals surface area contributed by atoms with Gasteiger partial charge in [-0.3, -0.25) is 24.3 Å². The first kappa shape index (κ1) is 35.3. The molecule has 0 spiro atoms. The molecule has 242 valence electrons. The van der Waals surface area contributed by atoms with E-state index in [0.717, 1.165) is 31.8 Å². The third kappa shape index (κ3) is 9.74. The number of carbonyl (C=O) groups is 3. The van der Waals surface area contributed by atoms with E-state index in [2.05, 4.69) is 26.2 Å². The normalized spacial score (nSPS) is 11.6. The number of nitrogens with one attached hydrogen (secondary N) is 1. The van der Waals surface area contributed by atoms with Crippen LogP contribution in [0.4, 0.5) is 0 Å². The molecule has 12 heteroatoms. The summed E-state index contributed by atoms with van der Waals surface area (Å²) in [6.07, 6.45) is 0.760. The molecule has 46 heavy (non-hydrogen) atoms. The lowest BCUT2D eigenvalue weighted by Gasteiger charge is -2.20. The van der Waals surface area contributed by atoms with Gasteiger partial charge in [-0.1, -0.05) is 40.2 Å². The topological polar surface area (TPSA) is 140 Å². The zero-order valence-corrected chi connectivity index (χ0v) is 28.6. The molecule has 0 saturated carbocycles. The largest absolute Gasteiger partial charge is 0.506 e. The van der Waals surface area contributed by atoms with Crippen LogP contribution in [0.1, 0.15) is 54.2 Å². The first-order valence-electron chi connectivity index (χ1n) is 14.8. The average molecular weight is 727 g/mol. The Hall–Kier alpha value is -3.52. The second kappa shape index (κ2) is 17.4. The second-order valence-electron chi connectivity index (χ2n) is 10.5. The lowest BCUT2D eigenvalue weighted by Crippen LogP contribution is -2.37. The highest BCUT2D eigenvalue weighted by Crippen LogP contribution is 2.39. The third-order valence-corrected chi connectivity index (χ3v) is 9.99. The van der Waals surface area contributed by atoms with Crippen molar-refractivity contribution < 1.29 is 29.7 Å². The van der Waals surface area contributed by atoms with Crippen molar-refractivity contribution in [2.24, 2.45) is 4.99 Å². The molecular weight excluding hydrogens is 690 g/mol. The zero-order chi connectivity index (χ0) is 33.1. The molecule has 0 aliphatic carbocycles. The molecule has 0 atom stereocenters. The van der Waals surface area contributed by atoms with Crippen LogP contribution >= 0.6 is 38.6 Å². The minimum atomic E-state index is -0.219. The van der Waals surface area contributed by atoms with Gasteiger partial charge >= 0.3 is 0 Å². The second-order valence-corrected chi connectivity index (χ2v) is 13.4. The quantitative estimate of drug-likeness (QED) is 0.0837. The molecule has 4 rings (SSSR count). The smallest absolute Gasteiger partial charge is 0.251 e. The fraction of sp³-hybridized carbons (Fsp3) is 0.294. The van der Waals surface area contributed by atoms with Gasteiger partial charge in [0.1, 0.15) is 12.3 Å². The van der Waals surface area contributed by atoms with Gasteiger partial charge < -0.3 is 20.6 Å². The number of thiophene rings is 2. The van der Waals surface area contributed by atoms with E-state index < -0.39 is 0 Å². The van der Waals surface area contributed by atoms with Crippen molar-refractivity contribution in [1.82, 2.24) is 10.2 Å². The van der Waals surface area contributed by atoms with Crippen LogP contribution in [0.25, 0.3) is 10.4 Å². The fourth-order valence-electron chi connectivity index (χ4n) is 4.66. The van der Waals surface area contributed by atoms with Crippen molar-refractivity contribution in [2.45, 2.75) is 19.8 Å². The standard InChI is InChI=1S/C34H36BrN3O6S2/c1-22(27-21-45-33(32(27)43)24-7-9-26(35)10-8-24)37-20-29(42)31-13-12-30(46-31)28(41)11-4-23-2-5-25(6-3-23)34(44)36-14-15-38(16-18-39)17-19-40/h2-3,5-10,12-13,21,39-40,43H,4,11,14-20H2,1H3,(H,36,44). The van der Waals surface area contributed by atoms with Crippen LogP contribution in [0.15, 0.2) is 75.5 Å². The van der Waals surface area contributed by atoms with E-state index in [1.54, 1.807) is 31.2 Å². The van der Waals surface area contributed by atoms with Gasteiger partial charge in [0, 0.05) is 59.3 Å². The minimum absolute atomic E-state index is 0.0166. The number of benzene rings is 2. The number of aromatic hydroxyl groups is 1. The number of aliphatic imine (C=N–C) groups is 1. The van der Waals surface area contributed by atoms with Gasteiger partial charge in [-0.25, -0.2) is 0 Å². The summed E-state index contributed by atoms with van der Waals surface area (Å²) in [5, 5.41) is 33.6. The van der Waals surface area contributed by atoms with E-state index in [4.69, 9.17) is 10.2 Å². The molecule has 0 aliphatic heterocycles. The Balaban J connectivity index is 1.25. The van der Waals surface area contributed by atoms with Crippen molar-refractivity contribution in [3.05, 3.63) is 97.0 Å². The van der Waals surface area contributed by atoms with Crippen LogP contribution in [0, 0.1) is 0 Å². The molecule has 0 fully saturated rings. The van der Waals surface area contributed by atoms with Crippen LogP contribution in [0.2, 0.25) is 0 Å². The van der Waals surface area contributed by atoms with Gasteiger partial charge in [-0.05, 0) is 60.9 Å². The van der Waals surface area contributed by atoms with E-state index in [-0.39, 0.29) is 49.4 Å². The predicted molar refractivity (Wildman–Crippen MR) is 187 cm³/mol. The van der Waals surface area contributed by atoms with Gasteiger partial charge in [0.25, 0.3) is 5.91 Å². The summed E-state index contributed by atoms with van der Waals surface area (Å²) < 4.78 is 0.950. The number of aryl methyl sites for hydroxylation is 1. The summed E-state index contributed by atoms with van der Waals surface area (Å²) in [5.41, 5.74) is 3.46. The Morgan fingerprint density at radius 3 is 2.20 bits per heavy atom. The third-order valence-electron chi connectivity index (χ3n) is 7.28. The zero-order valence-electron chi connectivity index (χ0n) is 25.4. The Morgan fingerprint density at radius 2 is 1.54 bits per heavy atom. The predicted octanol–water partition coefficient (Wildman–Crippen LogP) is 5.47. The van der Waals surface area contributed by atoms with Crippen LogP contribution in [-0.4, -0.2) is 89.3 Å². The molecule has 0 radical (unpaired) electrons. The Morgan fingerprint density at radius 1 is 0.891 bits per heavy atom. The van der Waals surface area contributed by atoms with Crippen LogP contribution in [-0.2, 0) is 6.42 Å².